The van der Waals surface area contributed by atoms with Gasteiger partial charge >= 0.3 is 0 Å². The standard InChI is InChI=1S/C21H25N7O2/c1-13-12-30-5-4-26(13)19-8-20(27-14-2-3-15(27)7-17(29)6-14)25-21-18(19)11-24-28(21)16-9-22-23-10-16/h8-11,13-15H,2-7,12H2,1H3,(H,22,23)/t13-,14?,15?/m1/s1. The van der Waals surface area contributed by atoms with Crippen molar-refractivity contribution in [1.82, 2.24) is 25.0 Å². The Morgan fingerprint density at radius 2 is 2.03 bits per heavy atom. The Hall–Kier alpha value is -2.94. The van der Waals surface area contributed by atoms with Crippen molar-refractivity contribution < 1.29 is 9.53 Å². The number of Topliss-reactive ketones (excluding diaryl/α,β-unsaturated/α-hetero) is 1. The molecular weight excluding hydrogens is 382 g/mol. The molecule has 3 aliphatic rings. The van der Waals surface area contributed by atoms with Gasteiger partial charge in [0, 0.05) is 49.8 Å². The highest BCUT2D eigenvalue weighted by molar-refractivity contribution is 5.93. The van der Waals surface area contributed by atoms with Crippen LogP contribution in [0.4, 0.5) is 11.5 Å². The number of carbonyl (C=O) groups is 1. The summed E-state index contributed by atoms with van der Waals surface area (Å²) in [4.78, 5) is 22.0. The first-order valence-electron chi connectivity index (χ1n) is 10.7. The molecule has 3 aromatic heterocycles. The number of anilines is 2. The number of piperidine rings is 1. The van der Waals surface area contributed by atoms with Gasteiger partial charge < -0.3 is 14.5 Å². The quantitative estimate of drug-likeness (QED) is 0.710. The number of H-pyrrole nitrogens is 1. The molecule has 3 fully saturated rings. The number of morpholine rings is 1. The van der Waals surface area contributed by atoms with Gasteiger partial charge in [0.2, 0.25) is 0 Å². The minimum Gasteiger partial charge on any atom is -0.377 e. The Bertz CT molecular complexity index is 1080. The summed E-state index contributed by atoms with van der Waals surface area (Å²) in [6.07, 6.45) is 8.83. The topological polar surface area (TPSA) is 92.2 Å². The van der Waals surface area contributed by atoms with Crippen molar-refractivity contribution in [3.63, 3.8) is 0 Å². The van der Waals surface area contributed by atoms with Gasteiger partial charge in [-0.3, -0.25) is 9.89 Å². The average Bonchev–Trinajstić information content (AvgIpc) is 3.46. The Labute approximate surface area is 174 Å². The lowest BCUT2D eigenvalue weighted by Gasteiger charge is -2.38. The van der Waals surface area contributed by atoms with Crippen molar-refractivity contribution in [2.45, 2.75) is 50.7 Å². The summed E-state index contributed by atoms with van der Waals surface area (Å²) in [6, 6.07) is 2.98. The van der Waals surface area contributed by atoms with E-state index < -0.39 is 0 Å². The van der Waals surface area contributed by atoms with E-state index in [1.165, 1.54) is 0 Å². The summed E-state index contributed by atoms with van der Waals surface area (Å²) in [5.74, 6) is 1.33. The second kappa shape index (κ2) is 6.80. The minimum absolute atomic E-state index is 0.251. The first-order valence-corrected chi connectivity index (χ1v) is 10.7. The zero-order chi connectivity index (χ0) is 20.2. The molecule has 156 valence electrons. The first-order chi connectivity index (χ1) is 14.7. The Morgan fingerprint density at radius 3 is 2.77 bits per heavy atom. The smallest absolute Gasteiger partial charge is 0.167 e. The average molecular weight is 407 g/mol. The highest BCUT2D eigenvalue weighted by Crippen LogP contribution is 2.40. The number of fused-ring (bicyclic) bond motifs is 3. The van der Waals surface area contributed by atoms with E-state index in [0.717, 1.165) is 47.6 Å². The largest absolute Gasteiger partial charge is 0.377 e. The van der Waals surface area contributed by atoms with E-state index in [4.69, 9.17) is 9.72 Å². The minimum atomic E-state index is 0.251. The van der Waals surface area contributed by atoms with Crippen LogP contribution in [0.2, 0.25) is 0 Å². The number of aromatic amines is 1. The van der Waals surface area contributed by atoms with E-state index in [9.17, 15) is 4.79 Å². The summed E-state index contributed by atoms with van der Waals surface area (Å²) in [6.45, 7) is 4.44. The van der Waals surface area contributed by atoms with E-state index in [2.05, 4.69) is 38.1 Å². The maximum atomic E-state index is 12.1. The summed E-state index contributed by atoms with van der Waals surface area (Å²) < 4.78 is 7.51. The number of hydrogen-bond donors (Lipinski definition) is 1. The monoisotopic (exact) mass is 407 g/mol. The molecule has 9 heteroatoms. The van der Waals surface area contributed by atoms with E-state index in [0.29, 0.717) is 31.8 Å². The summed E-state index contributed by atoms with van der Waals surface area (Å²) in [5.41, 5.74) is 2.81. The third kappa shape index (κ3) is 2.72. The maximum Gasteiger partial charge on any atom is 0.167 e. The summed E-state index contributed by atoms with van der Waals surface area (Å²) >= 11 is 0. The number of aromatic nitrogens is 5. The van der Waals surface area contributed by atoms with Crippen LogP contribution >= 0.6 is 0 Å². The van der Waals surface area contributed by atoms with Crippen LogP contribution in [-0.4, -0.2) is 68.6 Å². The molecule has 0 spiro atoms. The van der Waals surface area contributed by atoms with Crippen molar-refractivity contribution in [2.24, 2.45) is 0 Å². The second-order valence-corrected chi connectivity index (χ2v) is 8.61. The van der Waals surface area contributed by atoms with E-state index >= 15 is 0 Å². The maximum absolute atomic E-state index is 12.1. The normalized spacial score (nSPS) is 26.7. The Kier molecular flexibility index (Phi) is 4.05. The van der Waals surface area contributed by atoms with Crippen LogP contribution in [0.5, 0.6) is 0 Å². The number of hydrogen-bond acceptors (Lipinski definition) is 7. The van der Waals surface area contributed by atoms with Crippen LogP contribution < -0.4 is 9.80 Å². The molecule has 3 aliphatic heterocycles. The predicted molar refractivity (Wildman–Crippen MR) is 112 cm³/mol. The first kappa shape index (κ1) is 17.9. The molecule has 2 bridgehead atoms. The zero-order valence-electron chi connectivity index (χ0n) is 17.0. The molecule has 30 heavy (non-hydrogen) atoms. The van der Waals surface area contributed by atoms with Crippen LogP contribution in [0.1, 0.15) is 32.6 Å². The van der Waals surface area contributed by atoms with Gasteiger partial charge in [-0.15, -0.1) is 0 Å². The molecule has 0 aliphatic carbocycles. The molecule has 3 atom stereocenters. The molecule has 6 rings (SSSR count). The van der Waals surface area contributed by atoms with E-state index in [-0.39, 0.29) is 18.1 Å². The Balaban J connectivity index is 1.53. The molecule has 0 saturated carbocycles. The lowest BCUT2D eigenvalue weighted by molar-refractivity contribution is -0.120. The summed E-state index contributed by atoms with van der Waals surface area (Å²) in [5, 5.41) is 12.6. The second-order valence-electron chi connectivity index (χ2n) is 8.61. The van der Waals surface area contributed by atoms with Crippen LogP contribution in [0.3, 0.4) is 0 Å². The number of nitrogens with zero attached hydrogens (tertiary/aromatic N) is 6. The van der Waals surface area contributed by atoms with Gasteiger partial charge in [-0.2, -0.15) is 10.2 Å². The molecule has 0 amide bonds. The Morgan fingerprint density at radius 1 is 1.20 bits per heavy atom. The molecule has 3 saturated heterocycles. The lowest BCUT2D eigenvalue weighted by atomic mass is 10.0. The number of ether oxygens (including phenoxy) is 1. The van der Waals surface area contributed by atoms with Gasteiger partial charge in [-0.25, -0.2) is 9.67 Å². The molecule has 9 nitrogen and oxygen atoms in total. The van der Waals surface area contributed by atoms with Gasteiger partial charge in [0.15, 0.2) is 5.65 Å². The van der Waals surface area contributed by atoms with E-state index in [1.54, 1.807) is 6.20 Å². The SMILES string of the molecule is C[C@@H]1COCCN1c1cc(N2C3CCC2CC(=O)C3)nc2c1cnn2-c1cn[nH]c1. The molecule has 6 heterocycles. The van der Waals surface area contributed by atoms with Crippen molar-refractivity contribution in [1.29, 1.82) is 0 Å². The fraction of sp³-hybridized carbons (Fsp3) is 0.524. The number of carbonyl (C=O) groups excluding carboxylic acids is 1. The van der Waals surface area contributed by atoms with Crippen molar-refractivity contribution >= 4 is 28.3 Å². The van der Waals surface area contributed by atoms with Gasteiger partial charge in [-0.05, 0) is 19.8 Å². The lowest BCUT2D eigenvalue weighted by Crippen LogP contribution is -2.45. The molecule has 0 aromatic carbocycles. The number of nitrogens with one attached hydrogen (secondary N) is 1. The fourth-order valence-electron chi connectivity index (χ4n) is 5.32. The summed E-state index contributed by atoms with van der Waals surface area (Å²) in [7, 11) is 0. The van der Waals surface area contributed by atoms with Crippen LogP contribution in [0.15, 0.2) is 24.7 Å². The molecule has 1 N–H and O–H groups in total. The third-order valence-corrected chi connectivity index (χ3v) is 6.72. The van der Waals surface area contributed by atoms with Crippen molar-refractivity contribution in [3.05, 3.63) is 24.7 Å². The van der Waals surface area contributed by atoms with Crippen molar-refractivity contribution in [3.8, 4) is 5.69 Å². The van der Waals surface area contributed by atoms with Crippen molar-refractivity contribution in [2.75, 3.05) is 29.6 Å². The molecule has 3 aromatic rings. The molecule has 0 radical (unpaired) electrons. The van der Waals surface area contributed by atoms with E-state index in [1.807, 2.05) is 17.1 Å². The molecular formula is C21H25N7O2. The predicted octanol–water partition coefficient (Wildman–Crippen LogP) is 2.07. The third-order valence-electron chi connectivity index (χ3n) is 6.72. The fourth-order valence-corrected chi connectivity index (χ4v) is 5.32. The number of ketones is 1. The zero-order valence-corrected chi connectivity index (χ0v) is 17.0. The number of pyridine rings is 1. The van der Waals surface area contributed by atoms with Gasteiger partial charge in [0.25, 0.3) is 0 Å². The van der Waals surface area contributed by atoms with Gasteiger partial charge in [0.1, 0.15) is 17.3 Å². The number of rotatable bonds is 3. The van der Waals surface area contributed by atoms with Gasteiger partial charge in [0.05, 0.1) is 36.7 Å². The van der Waals surface area contributed by atoms with Crippen LogP contribution in [-0.2, 0) is 9.53 Å². The highest BCUT2D eigenvalue weighted by atomic mass is 16.5. The van der Waals surface area contributed by atoms with Crippen LogP contribution in [0.25, 0.3) is 16.7 Å². The highest BCUT2D eigenvalue weighted by Gasteiger charge is 2.41. The molecule has 2 unspecified atom stereocenters. The van der Waals surface area contributed by atoms with Crippen LogP contribution in [0, 0.1) is 0 Å². The van der Waals surface area contributed by atoms with Gasteiger partial charge in [-0.1, -0.05) is 0 Å².